The van der Waals surface area contributed by atoms with Crippen LogP contribution in [0, 0.1) is 33.8 Å². The molecule has 3 heteroatoms. The fraction of sp³-hybridized carbons (Fsp3) is 0.833. The van der Waals surface area contributed by atoms with Gasteiger partial charge in [-0.25, -0.2) is 0 Å². The number of nitrogens with zero attached hydrogens (tertiary/aromatic N) is 1. The van der Waals surface area contributed by atoms with Gasteiger partial charge in [0.05, 0.1) is 0 Å². The molecule has 82 valence electrons. The summed E-state index contributed by atoms with van der Waals surface area (Å²) >= 11 is 0. The highest BCUT2D eigenvalue weighted by atomic mass is 16.6. The first kappa shape index (κ1) is 9.37. The highest BCUT2D eigenvalue weighted by Crippen LogP contribution is 2.53. The van der Waals surface area contributed by atoms with Gasteiger partial charge in [-0.15, -0.1) is 0 Å². The molecule has 3 atom stereocenters. The minimum Gasteiger partial charge on any atom is -0.265 e. The zero-order valence-corrected chi connectivity index (χ0v) is 8.89. The fourth-order valence-corrected chi connectivity index (χ4v) is 3.47. The zero-order chi connectivity index (χ0) is 10.4. The lowest BCUT2D eigenvalue weighted by molar-refractivity contribution is -0.493. The monoisotopic (exact) mass is 207 g/mol. The number of allylic oxidation sites excluding steroid dienone is 2. The van der Waals surface area contributed by atoms with E-state index in [1.165, 1.54) is 25.7 Å². The Bertz CT molecular complexity index is 320. The second-order valence-electron chi connectivity index (χ2n) is 5.42. The van der Waals surface area contributed by atoms with Gasteiger partial charge in [-0.05, 0) is 43.4 Å². The predicted molar refractivity (Wildman–Crippen MR) is 57.0 cm³/mol. The van der Waals surface area contributed by atoms with E-state index in [0.29, 0.717) is 11.8 Å². The summed E-state index contributed by atoms with van der Waals surface area (Å²) in [6.07, 6.45) is 8.86. The van der Waals surface area contributed by atoms with Crippen LogP contribution < -0.4 is 0 Å². The Morgan fingerprint density at radius 2 is 2.27 bits per heavy atom. The van der Waals surface area contributed by atoms with Crippen LogP contribution in [-0.2, 0) is 0 Å². The third kappa shape index (κ3) is 1.48. The molecule has 0 aromatic rings. The molecule has 2 fully saturated rings. The Kier molecular flexibility index (Phi) is 2.08. The molecule has 3 rings (SSSR count). The van der Waals surface area contributed by atoms with Gasteiger partial charge in [-0.3, -0.25) is 10.1 Å². The van der Waals surface area contributed by atoms with Crippen molar-refractivity contribution in [2.45, 2.75) is 32.1 Å². The highest BCUT2D eigenvalue weighted by molar-refractivity contribution is 5.23. The molecule has 0 heterocycles. The number of nitro groups is 1. The van der Waals surface area contributed by atoms with Crippen LogP contribution in [0.2, 0.25) is 0 Å². The Morgan fingerprint density at radius 3 is 2.87 bits per heavy atom. The molecule has 0 radical (unpaired) electrons. The van der Waals surface area contributed by atoms with E-state index in [9.17, 15) is 10.1 Å². The molecule has 0 bridgehead atoms. The fourth-order valence-electron chi connectivity index (χ4n) is 3.47. The van der Waals surface area contributed by atoms with Gasteiger partial charge in [0.1, 0.15) is 0 Å². The van der Waals surface area contributed by atoms with Crippen molar-refractivity contribution in [3.8, 4) is 0 Å². The largest absolute Gasteiger partial charge is 0.265 e. The van der Waals surface area contributed by atoms with Crippen molar-refractivity contribution in [3.63, 3.8) is 0 Å². The van der Waals surface area contributed by atoms with E-state index in [1.807, 2.05) is 0 Å². The van der Waals surface area contributed by atoms with E-state index < -0.39 is 0 Å². The molecule has 3 nitrogen and oxygen atoms in total. The molecule has 0 spiro atoms. The SMILES string of the molecule is O=[N+]([O-])C[C@@H]1C[C@H]2CC(C3CCC3)=C[C@@H]21. The normalized spacial score (nSPS) is 38.9. The third-order valence-corrected chi connectivity index (χ3v) is 4.61. The summed E-state index contributed by atoms with van der Waals surface area (Å²) in [7, 11) is 0. The van der Waals surface area contributed by atoms with E-state index >= 15 is 0 Å². The molecule has 3 aliphatic rings. The third-order valence-electron chi connectivity index (χ3n) is 4.61. The van der Waals surface area contributed by atoms with E-state index in [4.69, 9.17) is 0 Å². The Hall–Kier alpha value is -0.860. The van der Waals surface area contributed by atoms with Crippen molar-refractivity contribution in [1.29, 1.82) is 0 Å². The van der Waals surface area contributed by atoms with Gasteiger partial charge in [0.2, 0.25) is 6.54 Å². The van der Waals surface area contributed by atoms with Gasteiger partial charge in [0, 0.05) is 10.8 Å². The lowest BCUT2D eigenvalue weighted by Crippen LogP contribution is -2.37. The summed E-state index contributed by atoms with van der Waals surface area (Å²) in [4.78, 5) is 10.3. The number of fused-ring (bicyclic) bond motifs is 1. The molecule has 0 N–H and O–H groups in total. The topological polar surface area (TPSA) is 43.1 Å². The van der Waals surface area contributed by atoms with E-state index in [2.05, 4.69) is 6.08 Å². The summed E-state index contributed by atoms with van der Waals surface area (Å²) in [6.45, 7) is 0.190. The van der Waals surface area contributed by atoms with Crippen LogP contribution in [0.1, 0.15) is 32.1 Å². The van der Waals surface area contributed by atoms with Gasteiger partial charge in [-0.2, -0.15) is 0 Å². The molecule has 0 saturated heterocycles. The lowest BCUT2D eigenvalue weighted by Gasteiger charge is -2.37. The van der Waals surface area contributed by atoms with Gasteiger partial charge in [0.15, 0.2) is 0 Å². The highest BCUT2D eigenvalue weighted by Gasteiger charge is 2.46. The molecule has 15 heavy (non-hydrogen) atoms. The molecular weight excluding hydrogens is 190 g/mol. The van der Waals surface area contributed by atoms with Crippen molar-refractivity contribution in [3.05, 3.63) is 21.8 Å². The standard InChI is InChI=1S/C12H17NO2/c14-13(15)7-11-5-10-4-9(6-12(10)11)8-2-1-3-8/h6,8,10-12H,1-5,7H2/t10-,11+,12+/m1/s1. The first-order chi connectivity index (χ1) is 7.24. The maximum absolute atomic E-state index is 10.5. The van der Waals surface area contributed by atoms with Gasteiger partial charge >= 0.3 is 0 Å². The van der Waals surface area contributed by atoms with E-state index in [-0.39, 0.29) is 11.5 Å². The summed E-state index contributed by atoms with van der Waals surface area (Å²) in [5, 5.41) is 10.5. The average Bonchev–Trinajstić information content (AvgIpc) is 2.37. The predicted octanol–water partition coefficient (Wildman–Crippen LogP) is 2.65. The smallest absolute Gasteiger partial charge is 0.207 e. The van der Waals surface area contributed by atoms with Crippen LogP contribution in [0.25, 0.3) is 0 Å². The van der Waals surface area contributed by atoms with Crippen LogP contribution in [0.3, 0.4) is 0 Å². The van der Waals surface area contributed by atoms with Crippen molar-refractivity contribution >= 4 is 0 Å². The minimum atomic E-state index is -0.143. The Morgan fingerprint density at radius 1 is 1.47 bits per heavy atom. The van der Waals surface area contributed by atoms with Gasteiger partial charge < -0.3 is 0 Å². The van der Waals surface area contributed by atoms with Crippen LogP contribution in [0.15, 0.2) is 11.6 Å². The molecule has 2 saturated carbocycles. The van der Waals surface area contributed by atoms with E-state index in [0.717, 1.165) is 18.3 Å². The molecular formula is C12H17NO2. The maximum Gasteiger partial charge on any atom is 0.207 e. The second kappa shape index (κ2) is 3.32. The summed E-state index contributed by atoms with van der Waals surface area (Å²) < 4.78 is 0. The minimum absolute atomic E-state index is 0.143. The number of hydrogen-bond acceptors (Lipinski definition) is 2. The summed E-state index contributed by atoms with van der Waals surface area (Å²) in [5.41, 5.74) is 1.64. The molecule has 0 aromatic carbocycles. The molecule has 0 amide bonds. The van der Waals surface area contributed by atoms with E-state index in [1.54, 1.807) is 5.57 Å². The van der Waals surface area contributed by atoms with Gasteiger partial charge in [0.25, 0.3) is 0 Å². The summed E-state index contributed by atoms with van der Waals surface area (Å²) in [6, 6.07) is 0. The first-order valence-corrected chi connectivity index (χ1v) is 6.06. The van der Waals surface area contributed by atoms with Crippen molar-refractivity contribution in [1.82, 2.24) is 0 Å². The Labute approximate surface area is 89.7 Å². The quantitative estimate of drug-likeness (QED) is 0.405. The van der Waals surface area contributed by atoms with Crippen LogP contribution in [0.4, 0.5) is 0 Å². The average molecular weight is 207 g/mol. The molecule has 0 aromatic heterocycles. The zero-order valence-electron chi connectivity index (χ0n) is 8.89. The van der Waals surface area contributed by atoms with Crippen molar-refractivity contribution in [2.24, 2.45) is 23.7 Å². The molecule has 0 aliphatic heterocycles. The first-order valence-electron chi connectivity index (χ1n) is 6.06. The van der Waals surface area contributed by atoms with Gasteiger partial charge in [-0.1, -0.05) is 18.1 Å². The van der Waals surface area contributed by atoms with Crippen LogP contribution >= 0.6 is 0 Å². The summed E-state index contributed by atoms with van der Waals surface area (Å²) in [5.74, 6) is 2.53. The number of hydrogen-bond donors (Lipinski definition) is 0. The number of rotatable bonds is 3. The lowest BCUT2D eigenvalue weighted by atomic mass is 9.66. The van der Waals surface area contributed by atoms with Crippen molar-refractivity contribution < 1.29 is 4.92 Å². The Balaban J connectivity index is 1.63. The van der Waals surface area contributed by atoms with Crippen molar-refractivity contribution in [2.75, 3.05) is 6.54 Å². The maximum atomic E-state index is 10.5. The molecule has 0 unspecified atom stereocenters. The molecule has 3 aliphatic carbocycles. The van der Waals surface area contributed by atoms with Crippen LogP contribution in [0.5, 0.6) is 0 Å². The van der Waals surface area contributed by atoms with Crippen LogP contribution in [-0.4, -0.2) is 11.5 Å². The second-order valence-corrected chi connectivity index (χ2v) is 5.42.